The molecule has 3 aliphatic rings. The fraction of sp³-hybridized carbons (Fsp3) is 0.423. The van der Waals surface area contributed by atoms with Crippen LogP contribution >= 0.6 is 0 Å². The number of rotatable bonds is 5. The number of fused-ring (bicyclic) bond motifs is 4. The molecule has 0 radical (unpaired) electrons. The summed E-state index contributed by atoms with van der Waals surface area (Å²) in [4.78, 5) is 30.8. The molecular weight excluding hydrogens is 432 g/mol. The van der Waals surface area contributed by atoms with Gasteiger partial charge in [-0.2, -0.15) is 10.1 Å². The number of aliphatic hydroxyl groups excluding tert-OH is 1. The second-order valence-electron chi connectivity index (χ2n) is 9.08. The maximum Gasteiger partial charge on any atom is 0.338 e. The van der Waals surface area contributed by atoms with Crippen LogP contribution in [0, 0.1) is 5.41 Å². The lowest BCUT2D eigenvalue weighted by Crippen LogP contribution is -2.67. The van der Waals surface area contributed by atoms with Gasteiger partial charge in [0.2, 0.25) is 0 Å². The van der Waals surface area contributed by atoms with Gasteiger partial charge in [-0.25, -0.2) is 4.79 Å². The Kier molecular flexibility index (Phi) is 5.87. The van der Waals surface area contributed by atoms with Crippen LogP contribution < -0.4 is 9.91 Å². The predicted octanol–water partition coefficient (Wildman–Crippen LogP) is 2.31. The van der Waals surface area contributed by atoms with E-state index in [-0.39, 0.29) is 24.5 Å². The smallest absolute Gasteiger partial charge is 0.338 e. The first kappa shape index (κ1) is 22.6. The van der Waals surface area contributed by atoms with Gasteiger partial charge in [0, 0.05) is 31.9 Å². The maximum absolute atomic E-state index is 14.2. The molecule has 0 saturated carbocycles. The van der Waals surface area contributed by atoms with Crippen LogP contribution in [0.25, 0.3) is 0 Å². The summed E-state index contributed by atoms with van der Waals surface area (Å²) in [5, 5.41) is 15.8. The van der Waals surface area contributed by atoms with E-state index in [2.05, 4.69) is 21.9 Å². The van der Waals surface area contributed by atoms with Crippen molar-refractivity contribution in [3.05, 3.63) is 59.7 Å². The normalized spacial score (nSPS) is 24.1. The number of ether oxygens (including phenoxy) is 1. The Balaban J connectivity index is 1.51. The van der Waals surface area contributed by atoms with Crippen molar-refractivity contribution >= 4 is 29.0 Å². The monoisotopic (exact) mass is 462 g/mol. The van der Waals surface area contributed by atoms with Crippen molar-refractivity contribution < 1.29 is 19.4 Å². The molecule has 0 bridgehead atoms. The number of aliphatic hydroxyl groups is 1. The number of nitrogens with zero attached hydrogens (tertiary/aromatic N) is 4. The highest BCUT2D eigenvalue weighted by molar-refractivity contribution is 6.20. The van der Waals surface area contributed by atoms with Crippen molar-refractivity contribution in [3.8, 4) is 0 Å². The van der Waals surface area contributed by atoms with Crippen molar-refractivity contribution in [1.82, 2.24) is 4.90 Å². The first-order valence-electron chi connectivity index (χ1n) is 11.8. The number of benzene rings is 2. The van der Waals surface area contributed by atoms with Gasteiger partial charge in [-0.3, -0.25) is 9.69 Å². The summed E-state index contributed by atoms with van der Waals surface area (Å²) in [7, 11) is 0. The standard InChI is InChI=1S/C26H30N4O4/c1-3-34-24(32)19-8-10-21(11-9-19)30-25(33)26(18(2)27-30)16-20-6-4-5-7-22(20)29-13-12-28(14-15-31)17-23(26)29/h4-11,23,31H,3,12-17H2,1-2H3/t23-,26-/m0/s1. The molecule has 8 heteroatoms. The molecule has 2 aromatic rings. The molecule has 178 valence electrons. The van der Waals surface area contributed by atoms with Crippen LogP contribution in [-0.4, -0.2) is 73.0 Å². The van der Waals surface area contributed by atoms with Crippen molar-refractivity contribution in [2.24, 2.45) is 10.5 Å². The van der Waals surface area contributed by atoms with Crippen LogP contribution in [0.3, 0.4) is 0 Å². The van der Waals surface area contributed by atoms with Gasteiger partial charge in [0.25, 0.3) is 5.91 Å². The molecule has 1 N–H and O–H groups in total. The van der Waals surface area contributed by atoms with Gasteiger partial charge in [-0.05, 0) is 56.2 Å². The van der Waals surface area contributed by atoms with Gasteiger partial charge in [0.1, 0.15) is 5.41 Å². The highest BCUT2D eigenvalue weighted by Gasteiger charge is 2.59. The zero-order valence-electron chi connectivity index (χ0n) is 19.6. The molecule has 1 spiro atoms. The van der Waals surface area contributed by atoms with Gasteiger partial charge in [0.15, 0.2) is 0 Å². The molecule has 1 fully saturated rings. The average molecular weight is 463 g/mol. The minimum absolute atomic E-state index is 0.0516. The molecule has 5 rings (SSSR count). The molecule has 3 aliphatic heterocycles. The number of anilines is 2. The lowest BCUT2D eigenvalue weighted by Gasteiger charge is -2.53. The highest BCUT2D eigenvalue weighted by atomic mass is 16.5. The van der Waals surface area contributed by atoms with E-state index in [1.807, 2.05) is 19.1 Å². The molecule has 0 aliphatic carbocycles. The summed E-state index contributed by atoms with van der Waals surface area (Å²) < 4.78 is 5.07. The second-order valence-corrected chi connectivity index (χ2v) is 9.08. The number of β-amino-alcohol motifs (C(OH)–C–C–N with tert-alkyl or cyclic N) is 1. The summed E-state index contributed by atoms with van der Waals surface area (Å²) in [6, 6.07) is 15.0. The maximum atomic E-state index is 14.2. The van der Waals surface area contributed by atoms with Crippen LogP contribution in [0.2, 0.25) is 0 Å². The van der Waals surface area contributed by atoms with E-state index in [1.165, 1.54) is 10.7 Å². The number of para-hydroxylation sites is 1. The fourth-order valence-electron chi connectivity index (χ4n) is 5.60. The van der Waals surface area contributed by atoms with Crippen LogP contribution in [0.4, 0.5) is 11.4 Å². The molecular formula is C26H30N4O4. The van der Waals surface area contributed by atoms with Crippen LogP contribution in [0.5, 0.6) is 0 Å². The molecule has 0 unspecified atom stereocenters. The largest absolute Gasteiger partial charge is 0.462 e. The van der Waals surface area contributed by atoms with Crippen molar-refractivity contribution in [1.29, 1.82) is 0 Å². The third-order valence-electron chi connectivity index (χ3n) is 7.31. The third kappa shape index (κ3) is 3.49. The lowest BCUT2D eigenvalue weighted by molar-refractivity contribution is -0.125. The first-order valence-corrected chi connectivity index (χ1v) is 11.8. The topological polar surface area (TPSA) is 85.7 Å². The number of piperazine rings is 1. The molecule has 34 heavy (non-hydrogen) atoms. The van der Waals surface area contributed by atoms with Gasteiger partial charge >= 0.3 is 5.97 Å². The number of hydrazone groups is 1. The number of amides is 1. The quantitative estimate of drug-likeness (QED) is 0.687. The van der Waals surface area contributed by atoms with E-state index in [4.69, 9.17) is 9.84 Å². The van der Waals surface area contributed by atoms with E-state index in [0.717, 1.165) is 24.4 Å². The Bertz CT molecular complexity index is 1130. The minimum atomic E-state index is -0.789. The van der Waals surface area contributed by atoms with Crippen molar-refractivity contribution in [2.45, 2.75) is 26.3 Å². The Morgan fingerprint density at radius 2 is 1.94 bits per heavy atom. The molecule has 3 heterocycles. The van der Waals surface area contributed by atoms with Gasteiger partial charge in [0.05, 0.1) is 36.2 Å². The molecule has 1 amide bonds. The second kappa shape index (κ2) is 8.85. The number of carbonyl (C=O) groups is 2. The SMILES string of the molecule is CCOC(=O)c1ccc(N2N=C(C)[C@]3(Cc4ccccc4N4CCN(CCO)C[C@H]43)C2=O)cc1. The summed E-state index contributed by atoms with van der Waals surface area (Å²) in [5.41, 5.74) is 3.40. The average Bonchev–Trinajstić information content (AvgIpc) is 3.10. The number of hydrogen-bond donors (Lipinski definition) is 1. The van der Waals surface area contributed by atoms with E-state index in [0.29, 0.717) is 37.4 Å². The number of carbonyl (C=O) groups excluding carboxylic acids is 2. The zero-order valence-corrected chi connectivity index (χ0v) is 19.6. The minimum Gasteiger partial charge on any atom is -0.462 e. The Labute approximate surface area is 199 Å². The van der Waals surface area contributed by atoms with Crippen molar-refractivity contribution in [2.75, 3.05) is 49.3 Å². The number of esters is 1. The Hall–Kier alpha value is -3.23. The fourth-order valence-corrected chi connectivity index (χ4v) is 5.60. The predicted molar refractivity (Wildman–Crippen MR) is 130 cm³/mol. The van der Waals surface area contributed by atoms with Gasteiger partial charge in [-0.1, -0.05) is 18.2 Å². The first-order chi connectivity index (χ1) is 16.5. The van der Waals surface area contributed by atoms with Crippen LogP contribution in [-0.2, 0) is 16.0 Å². The van der Waals surface area contributed by atoms with E-state index < -0.39 is 5.41 Å². The third-order valence-corrected chi connectivity index (χ3v) is 7.31. The zero-order chi connectivity index (χ0) is 23.9. The van der Waals surface area contributed by atoms with E-state index in [1.54, 1.807) is 31.2 Å². The molecule has 8 nitrogen and oxygen atoms in total. The Morgan fingerprint density at radius 3 is 2.68 bits per heavy atom. The van der Waals surface area contributed by atoms with Gasteiger partial charge in [-0.15, -0.1) is 0 Å². The summed E-state index contributed by atoms with van der Waals surface area (Å²) in [6.45, 7) is 7.02. The molecule has 1 saturated heterocycles. The highest BCUT2D eigenvalue weighted by Crippen LogP contribution is 2.48. The van der Waals surface area contributed by atoms with E-state index in [9.17, 15) is 14.7 Å². The Morgan fingerprint density at radius 1 is 1.18 bits per heavy atom. The molecule has 2 atom stereocenters. The molecule has 2 aromatic carbocycles. The van der Waals surface area contributed by atoms with Crippen LogP contribution in [0.15, 0.2) is 53.6 Å². The van der Waals surface area contributed by atoms with Crippen molar-refractivity contribution in [3.63, 3.8) is 0 Å². The molecule has 0 aromatic heterocycles. The van der Waals surface area contributed by atoms with Crippen LogP contribution in [0.1, 0.15) is 29.8 Å². The summed E-state index contributed by atoms with van der Waals surface area (Å²) in [6.07, 6.45) is 0.586. The summed E-state index contributed by atoms with van der Waals surface area (Å²) in [5.74, 6) is -0.437. The number of hydrogen-bond acceptors (Lipinski definition) is 7. The summed E-state index contributed by atoms with van der Waals surface area (Å²) >= 11 is 0. The lowest BCUT2D eigenvalue weighted by atomic mass is 9.67. The van der Waals surface area contributed by atoms with Gasteiger partial charge < -0.3 is 14.7 Å². The van der Waals surface area contributed by atoms with E-state index >= 15 is 0 Å².